The lowest BCUT2D eigenvalue weighted by Gasteiger charge is -2.20. The molecule has 0 saturated carbocycles. The quantitative estimate of drug-likeness (QED) is 0.434. The van der Waals surface area contributed by atoms with E-state index in [4.69, 9.17) is 27.9 Å². The second-order valence-electron chi connectivity index (χ2n) is 4.00. The summed E-state index contributed by atoms with van der Waals surface area (Å²) in [6.45, 7) is 1.72. The Balaban J connectivity index is 2.72. The molecule has 0 aliphatic carbocycles. The number of hydrogen-bond donors (Lipinski definition) is 3. The lowest BCUT2D eigenvalue weighted by atomic mass is 10.1. The van der Waals surface area contributed by atoms with E-state index < -0.39 is 12.2 Å². The molecule has 0 saturated heterocycles. The maximum Gasteiger partial charge on any atom is 0.413 e. The zero-order valence-corrected chi connectivity index (χ0v) is 13.4. The van der Waals surface area contributed by atoms with E-state index in [1.807, 2.05) is 6.07 Å². The highest BCUT2D eigenvalue weighted by Gasteiger charge is 2.16. The molecule has 8 heteroatoms. The zero-order chi connectivity index (χ0) is 15.3. The lowest BCUT2D eigenvalue weighted by Crippen LogP contribution is -2.39. The molecular weight excluding hydrogens is 348 g/mol. The van der Waals surface area contributed by atoms with E-state index in [1.54, 1.807) is 25.1 Å². The van der Waals surface area contributed by atoms with Crippen LogP contribution in [0.15, 0.2) is 34.7 Å². The first-order valence-electron chi connectivity index (χ1n) is 5.68. The Morgan fingerprint density at radius 3 is 2.60 bits per heavy atom. The third-order valence-corrected chi connectivity index (χ3v) is 3.15. The number of nitrogens with zero attached hydrogens (tertiary/aromatic N) is 1. The van der Waals surface area contributed by atoms with E-state index in [2.05, 4.69) is 21.2 Å². The Morgan fingerprint density at radius 1 is 1.50 bits per heavy atom. The second kappa shape index (κ2) is 7.37. The van der Waals surface area contributed by atoms with Gasteiger partial charge in [-0.1, -0.05) is 29.8 Å². The largest absolute Gasteiger partial charge is 0.441 e. The number of nitrogens with two attached hydrogens (primary N) is 2. The highest BCUT2D eigenvalue weighted by molar-refractivity contribution is 9.11. The van der Waals surface area contributed by atoms with Crippen LogP contribution in [0, 0.1) is 0 Å². The molecule has 0 radical (unpaired) electrons. The molecule has 0 heterocycles. The van der Waals surface area contributed by atoms with Crippen LogP contribution < -0.4 is 16.9 Å². The van der Waals surface area contributed by atoms with Gasteiger partial charge in [-0.2, -0.15) is 0 Å². The van der Waals surface area contributed by atoms with Crippen LogP contribution in [0.2, 0.25) is 5.02 Å². The van der Waals surface area contributed by atoms with Gasteiger partial charge >= 0.3 is 6.09 Å². The van der Waals surface area contributed by atoms with Crippen LogP contribution in [-0.4, -0.2) is 18.1 Å². The van der Waals surface area contributed by atoms with Crippen LogP contribution in [0.4, 0.5) is 4.79 Å². The number of ether oxygens (including phenoxy) is 1. The monoisotopic (exact) mass is 362 g/mol. The van der Waals surface area contributed by atoms with E-state index in [1.165, 1.54) is 7.05 Å². The molecular formula is C12H16BrClN4O2. The van der Waals surface area contributed by atoms with Crippen LogP contribution in [0.25, 0.3) is 0 Å². The number of benzene rings is 1. The van der Waals surface area contributed by atoms with Gasteiger partial charge in [0, 0.05) is 17.6 Å². The average molecular weight is 364 g/mol. The molecule has 0 fully saturated rings. The number of hydrogen-bond acceptors (Lipinski definition) is 5. The number of rotatable bonds is 4. The molecule has 0 aromatic heterocycles. The third kappa shape index (κ3) is 4.59. The van der Waals surface area contributed by atoms with Gasteiger partial charge in [0.2, 0.25) is 0 Å². The Bertz CT molecular complexity index is 518. The molecule has 1 rings (SSSR count). The summed E-state index contributed by atoms with van der Waals surface area (Å²) in [5.41, 5.74) is 6.25. The van der Waals surface area contributed by atoms with Crippen molar-refractivity contribution >= 4 is 33.6 Å². The molecule has 110 valence electrons. The average Bonchev–Trinajstić information content (AvgIpc) is 2.35. The number of alkyl carbamates (subject to hydrolysis) is 1. The van der Waals surface area contributed by atoms with E-state index >= 15 is 0 Å². The van der Waals surface area contributed by atoms with E-state index in [9.17, 15) is 4.79 Å². The van der Waals surface area contributed by atoms with Gasteiger partial charge in [-0.05, 0) is 28.9 Å². The summed E-state index contributed by atoms with van der Waals surface area (Å²) in [5.74, 6) is 5.72. The first kappa shape index (κ1) is 16.6. The summed E-state index contributed by atoms with van der Waals surface area (Å²) in [5, 5.41) is 4.13. The van der Waals surface area contributed by atoms with Crippen LogP contribution in [-0.2, 0) is 4.74 Å². The molecule has 1 unspecified atom stereocenters. The summed E-state index contributed by atoms with van der Waals surface area (Å²) >= 11 is 9.07. The topological polar surface area (TPSA) is 93.6 Å². The summed E-state index contributed by atoms with van der Waals surface area (Å²) in [4.78, 5) is 11.8. The number of halogens is 2. The molecule has 0 aliphatic heterocycles. The Hall–Kier alpha value is -1.44. The van der Waals surface area contributed by atoms with Gasteiger partial charge < -0.3 is 10.5 Å². The molecule has 0 spiro atoms. The van der Waals surface area contributed by atoms with E-state index in [0.717, 1.165) is 5.01 Å². The van der Waals surface area contributed by atoms with E-state index in [-0.39, 0.29) is 10.4 Å². The van der Waals surface area contributed by atoms with Crippen LogP contribution >= 0.6 is 27.5 Å². The zero-order valence-electron chi connectivity index (χ0n) is 11.1. The minimum absolute atomic E-state index is 0.185. The predicted molar refractivity (Wildman–Crippen MR) is 81.6 cm³/mol. The van der Waals surface area contributed by atoms with Crippen molar-refractivity contribution in [3.63, 3.8) is 0 Å². The molecule has 1 aromatic carbocycles. The molecule has 1 atom stereocenters. The molecule has 0 bridgehead atoms. The normalized spacial score (nSPS) is 13.2. The predicted octanol–water partition coefficient (Wildman–Crippen LogP) is 2.41. The van der Waals surface area contributed by atoms with Gasteiger partial charge in [-0.25, -0.2) is 10.6 Å². The first-order valence-corrected chi connectivity index (χ1v) is 6.85. The second-order valence-corrected chi connectivity index (χ2v) is 5.26. The fourth-order valence-corrected chi connectivity index (χ4v) is 2.14. The maximum absolute atomic E-state index is 11.8. The minimum atomic E-state index is -0.688. The minimum Gasteiger partial charge on any atom is -0.441 e. The molecule has 6 nitrogen and oxygen atoms in total. The van der Waals surface area contributed by atoms with Gasteiger partial charge in [0.1, 0.15) is 10.7 Å². The van der Waals surface area contributed by atoms with Gasteiger partial charge in [-0.3, -0.25) is 10.3 Å². The van der Waals surface area contributed by atoms with Crippen LogP contribution in [0.5, 0.6) is 0 Å². The number of nitrogens with one attached hydrogen (secondary N) is 1. The van der Waals surface area contributed by atoms with Crippen molar-refractivity contribution in [1.82, 2.24) is 10.3 Å². The molecule has 20 heavy (non-hydrogen) atoms. The van der Waals surface area contributed by atoms with E-state index in [0.29, 0.717) is 10.6 Å². The van der Waals surface area contributed by atoms with Crippen molar-refractivity contribution in [2.24, 2.45) is 11.6 Å². The molecule has 5 N–H and O–H groups in total. The maximum atomic E-state index is 11.8. The Kier molecular flexibility index (Phi) is 6.12. The lowest BCUT2D eigenvalue weighted by molar-refractivity contribution is 0.107. The Morgan fingerprint density at radius 2 is 2.10 bits per heavy atom. The number of hydrazine groups is 1. The van der Waals surface area contributed by atoms with Gasteiger partial charge in [0.15, 0.2) is 5.82 Å². The highest BCUT2D eigenvalue weighted by Crippen LogP contribution is 2.25. The number of amides is 1. The highest BCUT2D eigenvalue weighted by atomic mass is 79.9. The van der Waals surface area contributed by atoms with Gasteiger partial charge in [0.05, 0.1) is 0 Å². The summed E-state index contributed by atoms with van der Waals surface area (Å²) in [7, 11) is 1.53. The summed E-state index contributed by atoms with van der Waals surface area (Å²) in [6.07, 6.45) is -1.20. The standard InChI is InChI=1S/C12H16BrClN4O2/c1-7(8-5-3-4-6-9(8)14)20-12(19)17-11(10(13)15)18(2)16/h3-7H,15-16H2,1-2H3,(H,17,19)/b11-10-. The molecule has 1 amide bonds. The molecule has 1 aromatic rings. The van der Waals surface area contributed by atoms with Crippen molar-refractivity contribution in [2.45, 2.75) is 13.0 Å². The van der Waals surface area contributed by atoms with Crippen molar-refractivity contribution < 1.29 is 9.53 Å². The molecule has 0 aliphatic rings. The summed E-state index contributed by atoms with van der Waals surface area (Å²) in [6, 6.07) is 7.12. The van der Waals surface area contributed by atoms with Crippen molar-refractivity contribution in [1.29, 1.82) is 0 Å². The van der Waals surface area contributed by atoms with Crippen molar-refractivity contribution in [3.05, 3.63) is 45.3 Å². The smallest absolute Gasteiger partial charge is 0.413 e. The SMILES string of the molecule is CC(OC(=O)N/C(=C(/N)Br)N(C)N)c1ccccc1Cl. The first-order chi connectivity index (χ1) is 9.32. The van der Waals surface area contributed by atoms with Crippen LogP contribution in [0.1, 0.15) is 18.6 Å². The summed E-state index contributed by atoms with van der Waals surface area (Å²) < 4.78 is 5.41. The number of carbonyl (C=O) groups excluding carboxylic acids is 1. The van der Waals surface area contributed by atoms with Gasteiger partial charge in [0.25, 0.3) is 0 Å². The number of carbonyl (C=O) groups is 1. The van der Waals surface area contributed by atoms with Crippen LogP contribution in [0.3, 0.4) is 0 Å². The Labute approximate surface area is 130 Å². The van der Waals surface area contributed by atoms with Crippen molar-refractivity contribution in [3.8, 4) is 0 Å². The van der Waals surface area contributed by atoms with Gasteiger partial charge in [-0.15, -0.1) is 0 Å². The van der Waals surface area contributed by atoms with Crippen molar-refractivity contribution in [2.75, 3.05) is 7.05 Å². The fraction of sp³-hybridized carbons (Fsp3) is 0.250. The fourth-order valence-electron chi connectivity index (χ4n) is 1.47. The third-order valence-electron chi connectivity index (χ3n) is 2.43.